The largest absolute Gasteiger partial charge is 0.346 e. The van der Waals surface area contributed by atoms with Gasteiger partial charge in [0.15, 0.2) is 0 Å². The van der Waals surface area contributed by atoms with E-state index < -0.39 is 10.0 Å². The van der Waals surface area contributed by atoms with E-state index in [2.05, 4.69) is 28.9 Å². The maximum Gasteiger partial charge on any atom is 0.271 e. The lowest BCUT2D eigenvalue weighted by Gasteiger charge is -2.08. The molecule has 0 aliphatic heterocycles. The van der Waals surface area contributed by atoms with Gasteiger partial charge >= 0.3 is 0 Å². The Hall–Kier alpha value is -2.23. The van der Waals surface area contributed by atoms with Gasteiger partial charge in [0.25, 0.3) is 15.9 Å². The van der Waals surface area contributed by atoms with E-state index in [0.717, 1.165) is 22.0 Å². The number of hydrogen-bond acceptors (Lipinski definition) is 6. The third kappa shape index (κ3) is 4.94. The number of amides is 1. The first-order valence-electron chi connectivity index (χ1n) is 8.24. The Balaban J connectivity index is 1.66. The number of nitrogens with zero attached hydrogens (tertiary/aromatic N) is 1. The first-order valence-corrected chi connectivity index (χ1v) is 11.5. The van der Waals surface area contributed by atoms with Crippen molar-refractivity contribution in [1.29, 1.82) is 0 Å². The predicted octanol–water partition coefficient (Wildman–Crippen LogP) is 4.06. The zero-order chi connectivity index (χ0) is 19.4. The highest BCUT2D eigenvalue weighted by Crippen LogP contribution is 2.21. The second-order valence-electron chi connectivity index (χ2n) is 6.13. The quantitative estimate of drug-likeness (QED) is 0.602. The zero-order valence-electron chi connectivity index (χ0n) is 14.8. The predicted molar refractivity (Wildman–Crippen MR) is 109 cm³/mol. The SMILES string of the molecule is CC(C)c1nc(CNC(=O)c2cccc(NS(=O)(=O)c3cccs3)c2)cs1. The standard InChI is InChI=1S/C18H19N3O3S3/c1-12(2)18-20-15(11-26-18)10-19-17(22)13-5-3-6-14(9-13)21-27(23,24)16-7-4-8-25-16/h3-9,11-12,21H,10H2,1-2H3,(H,19,22). The summed E-state index contributed by atoms with van der Waals surface area (Å²) in [6.07, 6.45) is 0. The van der Waals surface area contributed by atoms with Crippen LogP contribution >= 0.6 is 22.7 Å². The lowest BCUT2D eigenvalue weighted by molar-refractivity contribution is 0.0950. The molecule has 0 saturated heterocycles. The van der Waals surface area contributed by atoms with Crippen molar-refractivity contribution >= 4 is 44.3 Å². The Morgan fingerprint density at radius 3 is 2.67 bits per heavy atom. The van der Waals surface area contributed by atoms with Crippen molar-refractivity contribution in [2.45, 2.75) is 30.5 Å². The van der Waals surface area contributed by atoms with E-state index in [4.69, 9.17) is 0 Å². The van der Waals surface area contributed by atoms with Crippen molar-refractivity contribution < 1.29 is 13.2 Å². The maximum absolute atomic E-state index is 12.4. The molecule has 3 rings (SSSR count). The molecule has 0 bridgehead atoms. The zero-order valence-corrected chi connectivity index (χ0v) is 17.2. The van der Waals surface area contributed by atoms with Crippen LogP contribution in [0.2, 0.25) is 0 Å². The Bertz CT molecular complexity index is 1030. The van der Waals surface area contributed by atoms with Crippen LogP contribution in [0.4, 0.5) is 5.69 Å². The number of benzene rings is 1. The van der Waals surface area contributed by atoms with E-state index in [9.17, 15) is 13.2 Å². The van der Waals surface area contributed by atoms with Crippen molar-refractivity contribution in [1.82, 2.24) is 10.3 Å². The number of carbonyl (C=O) groups is 1. The van der Waals surface area contributed by atoms with Gasteiger partial charge in [0.05, 0.1) is 17.2 Å². The van der Waals surface area contributed by atoms with Crippen LogP contribution in [0, 0.1) is 0 Å². The summed E-state index contributed by atoms with van der Waals surface area (Å²) in [7, 11) is -3.64. The van der Waals surface area contributed by atoms with Crippen LogP contribution in [-0.2, 0) is 16.6 Å². The molecule has 0 saturated carbocycles. The highest BCUT2D eigenvalue weighted by Gasteiger charge is 2.16. The molecular formula is C18H19N3O3S3. The first-order chi connectivity index (χ1) is 12.8. The molecular weight excluding hydrogens is 402 g/mol. The van der Waals surface area contributed by atoms with Crippen molar-refractivity contribution in [2.75, 3.05) is 4.72 Å². The third-order valence-corrected chi connectivity index (χ3v) is 7.60. The molecule has 0 atom stereocenters. The van der Waals surface area contributed by atoms with Gasteiger partial charge in [-0.15, -0.1) is 22.7 Å². The number of nitrogens with one attached hydrogen (secondary N) is 2. The third-order valence-electron chi connectivity index (χ3n) is 3.63. The number of hydrogen-bond donors (Lipinski definition) is 2. The van der Waals surface area contributed by atoms with Gasteiger partial charge in [0, 0.05) is 22.5 Å². The Morgan fingerprint density at radius 2 is 2.00 bits per heavy atom. The Morgan fingerprint density at radius 1 is 1.19 bits per heavy atom. The van der Waals surface area contributed by atoms with Crippen molar-refractivity contribution in [3.05, 3.63) is 63.4 Å². The summed E-state index contributed by atoms with van der Waals surface area (Å²) in [5.41, 5.74) is 1.53. The fraction of sp³-hybridized carbons (Fsp3) is 0.222. The molecule has 0 fully saturated rings. The van der Waals surface area contributed by atoms with E-state index >= 15 is 0 Å². The van der Waals surface area contributed by atoms with E-state index in [1.807, 2.05) is 5.38 Å². The normalized spacial score (nSPS) is 11.5. The summed E-state index contributed by atoms with van der Waals surface area (Å²) in [4.78, 5) is 16.9. The molecule has 142 valence electrons. The van der Waals surface area contributed by atoms with Crippen LogP contribution in [0.3, 0.4) is 0 Å². The van der Waals surface area contributed by atoms with Crippen LogP contribution in [0.1, 0.15) is 40.8 Å². The summed E-state index contributed by atoms with van der Waals surface area (Å²) in [6.45, 7) is 4.47. The number of carbonyl (C=O) groups excluding carboxylic acids is 1. The van der Waals surface area contributed by atoms with Gasteiger partial charge in [-0.2, -0.15) is 0 Å². The van der Waals surface area contributed by atoms with E-state index in [1.54, 1.807) is 41.0 Å². The molecule has 2 heterocycles. The Labute approximate surface area is 166 Å². The molecule has 0 unspecified atom stereocenters. The van der Waals surface area contributed by atoms with Gasteiger partial charge in [-0.25, -0.2) is 13.4 Å². The molecule has 1 aromatic carbocycles. The number of thiazole rings is 1. The van der Waals surface area contributed by atoms with Crippen LogP contribution in [0.15, 0.2) is 51.4 Å². The van der Waals surface area contributed by atoms with E-state index in [0.29, 0.717) is 23.7 Å². The summed E-state index contributed by atoms with van der Waals surface area (Å²) in [6, 6.07) is 9.60. The second-order valence-corrected chi connectivity index (χ2v) is 9.88. The van der Waals surface area contributed by atoms with Crippen molar-refractivity contribution in [2.24, 2.45) is 0 Å². The highest BCUT2D eigenvalue weighted by atomic mass is 32.2. The van der Waals surface area contributed by atoms with Gasteiger partial charge in [0.1, 0.15) is 4.21 Å². The van der Waals surface area contributed by atoms with Gasteiger partial charge in [-0.3, -0.25) is 9.52 Å². The summed E-state index contributed by atoms with van der Waals surface area (Å²) in [5.74, 6) is 0.0683. The smallest absolute Gasteiger partial charge is 0.271 e. The summed E-state index contributed by atoms with van der Waals surface area (Å²) < 4.78 is 27.3. The lowest BCUT2D eigenvalue weighted by Crippen LogP contribution is -2.23. The maximum atomic E-state index is 12.4. The average Bonchev–Trinajstić information content (AvgIpc) is 3.31. The molecule has 6 nitrogen and oxygen atoms in total. The summed E-state index contributed by atoms with van der Waals surface area (Å²) >= 11 is 2.71. The molecule has 0 aliphatic rings. The molecule has 27 heavy (non-hydrogen) atoms. The van der Waals surface area contributed by atoms with Crippen LogP contribution < -0.4 is 10.0 Å². The number of rotatable bonds is 7. The van der Waals surface area contributed by atoms with Crippen molar-refractivity contribution in [3.63, 3.8) is 0 Å². The monoisotopic (exact) mass is 421 g/mol. The molecule has 2 N–H and O–H groups in total. The summed E-state index contributed by atoms with van der Waals surface area (Å²) in [5, 5.41) is 7.47. The van der Waals surface area contributed by atoms with Crippen LogP contribution in [-0.4, -0.2) is 19.3 Å². The number of thiophene rings is 1. The van der Waals surface area contributed by atoms with E-state index in [1.165, 1.54) is 12.1 Å². The molecule has 3 aromatic rings. The minimum absolute atomic E-state index is 0.224. The topological polar surface area (TPSA) is 88.2 Å². The molecule has 9 heteroatoms. The van der Waals surface area contributed by atoms with Gasteiger partial charge in [-0.1, -0.05) is 26.0 Å². The Kier molecular flexibility index (Phi) is 5.93. The van der Waals surface area contributed by atoms with Gasteiger partial charge in [-0.05, 0) is 29.6 Å². The molecule has 0 radical (unpaired) electrons. The lowest BCUT2D eigenvalue weighted by atomic mass is 10.2. The van der Waals surface area contributed by atoms with Gasteiger partial charge < -0.3 is 5.32 Å². The van der Waals surface area contributed by atoms with E-state index in [-0.39, 0.29) is 10.1 Å². The minimum Gasteiger partial charge on any atom is -0.346 e. The van der Waals surface area contributed by atoms with Crippen LogP contribution in [0.5, 0.6) is 0 Å². The number of sulfonamides is 1. The van der Waals surface area contributed by atoms with Crippen molar-refractivity contribution in [3.8, 4) is 0 Å². The first kappa shape index (κ1) is 19.5. The second kappa shape index (κ2) is 8.20. The molecule has 1 amide bonds. The minimum atomic E-state index is -3.64. The fourth-order valence-electron chi connectivity index (χ4n) is 2.29. The molecule has 0 aliphatic carbocycles. The van der Waals surface area contributed by atoms with Crippen LogP contribution in [0.25, 0.3) is 0 Å². The van der Waals surface area contributed by atoms with Gasteiger partial charge in [0.2, 0.25) is 0 Å². The number of anilines is 1. The molecule has 2 aromatic heterocycles. The fourth-order valence-corrected chi connectivity index (χ4v) is 5.16. The number of aromatic nitrogens is 1. The molecule has 0 spiro atoms. The average molecular weight is 422 g/mol. The highest BCUT2D eigenvalue weighted by molar-refractivity contribution is 7.94.